The summed E-state index contributed by atoms with van der Waals surface area (Å²) in [5, 5.41) is 0. The largest absolute Gasteiger partial charge is 0.299 e. The first-order chi connectivity index (χ1) is 14.2. The minimum Gasteiger partial charge on any atom is -0.299 e. The fraction of sp³-hybridized carbons (Fsp3) is 0.900. The van der Waals surface area contributed by atoms with Crippen LogP contribution in [0.25, 0.3) is 0 Å². The first-order valence-corrected chi connectivity index (χ1v) is 13.5. The maximum atomic E-state index is 12.8. The Morgan fingerprint density at radius 3 is 1.97 bits per heavy atom. The molecule has 0 aromatic rings. The van der Waals surface area contributed by atoms with Crippen molar-refractivity contribution in [3.63, 3.8) is 0 Å². The van der Waals surface area contributed by atoms with Gasteiger partial charge < -0.3 is 0 Å². The molecule has 5 aliphatic rings. The number of ketones is 1. The van der Waals surface area contributed by atoms with E-state index in [0.717, 1.165) is 24.7 Å². The highest BCUT2D eigenvalue weighted by Gasteiger charge is 2.68. The van der Waals surface area contributed by atoms with E-state index in [1.165, 1.54) is 57.8 Å². The average Bonchev–Trinajstić information content (AvgIpc) is 2.68. The van der Waals surface area contributed by atoms with E-state index in [1.54, 1.807) is 11.1 Å². The molecule has 0 unspecified atom stereocenters. The van der Waals surface area contributed by atoms with Crippen LogP contribution in [0.5, 0.6) is 0 Å². The summed E-state index contributed by atoms with van der Waals surface area (Å²) < 4.78 is 0. The Hall–Kier alpha value is -0.590. The van der Waals surface area contributed by atoms with E-state index in [2.05, 4.69) is 55.4 Å². The lowest BCUT2D eigenvalue weighted by molar-refractivity contribution is -0.217. The summed E-state index contributed by atoms with van der Waals surface area (Å²) in [5.41, 5.74) is 5.32. The topological polar surface area (TPSA) is 17.1 Å². The second kappa shape index (κ2) is 6.29. The first kappa shape index (κ1) is 22.2. The van der Waals surface area contributed by atoms with Crippen LogP contribution in [0.15, 0.2) is 11.1 Å². The van der Waals surface area contributed by atoms with Crippen molar-refractivity contribution in [3.05, 3.63) is 11.1 Å². The molecule has 0 saturated heterocycles. The summed E-state index contributed by atoms with van der Waals surface area (Å²) in [6.45, 7) is 20.2. The Kier molecular flexibility index (Phi) is 4.51. The van der Waals surface area contributed by atoms with Crippen LogP contribution >= 0.6 is 0 Å². The van der Waals surface area contributed by atoms with Crippen LogP contribution in [-0.4, -0.2) is 5.78 Å². The highest BCUT2D eigenvalue weighted by atomic mass is 16.1. The Bertz CT molecular complexity index is 844. The number of carbonyl (C=O) groups excluding carboxylic acids is 1. The number of carbonyl (C=O) groups is 1. The molecular formula is C30H48O. The van der Waals surface area contributed by atoms with Gasteiger partial charge in [-0.15, -0.1) is 0 Å². The van der Waals surface area contributed by atoms with Crippen molar-refractivity contribution in [2.45, 2.75) is 126 Å². The zero-order chi connectivity index (χ0) is 22.7. The maximum absolute atomic E-state index is 12.8. The molecule has 5 rings (SSSR count). The lowest BCUT2D eigenvalue weighted by Crippen LogP contribution is -2.64. The number of hydrogen-bond acceptors (Lipinski definition) is 1. The average molecular weight is 425 g/mol. The second-order valence-corrected chi connectivity index (χ2v) is 14.9. The van der Waals surface area contributed by atoms with Gasteiger partial charge in [0.2, 0.25) is 0 Å². The third-order valence-electron chi connectivity index (χ3n) is 12.8. The summed E-state index contributed by atoms with van der Waals surface area (Å²) in [4.78, 5) is 12.8. The molecule has 5 aliphatic carbocycles. The van der Waals surface area contributed by atoms with Crippen LogP contribution in [0.2, 0.25) is 0 Å². The van der Waals surface area contributed by atoms with Gasteiger partial charge >= 0.3 is 0 Å². The summed E-state index contributed by atoms with van der Waals surface area (Å²) >= 11 is 0. The van der Waals surface area contributed by atoms with Gasteiger partial charge in [0, 0.05) is 11.8 Å². The predicted molar refractivity (Wildman–Crippen MR) is 130 cm³/mol. The summed E-state index contributed by atoms with van der Waals surface area (Å²) in [7, 11) is 0. The molecule has 0 amide bonds. The molecule has 0 aromatic carbocycles. The fourth-order valence-corrected chi connectivity index (χ4v) is 10.3. The summed E-state index contributed by atoms with van der Waals surface area (Å²) in [6, 6.07) is 0. The highest BCUT2D eigenvalue weighted by molar-refractivity contribution is 5.89. The molecule has 0 radical (unpaired) electrons. The minimum atomic E-state index is -0.220. The normalized spacial score (nSPS) is 50.8. The van der Waals surface area contributed by atoms with Gasteiger partial charge in [0.15, 0.2) is 0 Å². The van der Waals surface area contributed by atoms with Gasteiger partial charge in [-0.05, 0) is 117 Å². The third kappa shape index (κ3) is 2.70. The molecule has 3 saturated carbocycles. The molecule has 1 nitrogen and oxygen atoms in total. The van der Waals surface area contributed by atoms with Gasteiger partial charge in [0.25, 0.3) is 0 Å². The lowest BCUT2D eigenvalue weighted by Gasteiger charge is -2.72. The molecule has 0 aromatic heterocycles. The molecule has 174 valence electrons. The van der Waals surface area contributed by atoms with Gasteiger partial charge in [-0.3, -0.25) is 4.79 Å². The quantitative estimate of drug-likeness (QED) is 0.356. The van der Waals surface area contributed by atoms with Crippen LogP contribution in [0, 0.1) is 44.3 Å². The Morgan fingerprint density at radius 1 is 0.645 bits per heavy atom. The van der Waals surface area contributed by atoms with Crippen LogP contribution in [0.4, 0.5) is 0 Å². The van der Waals surface area contributed by atoms with Crippen LogP contribution < -0.4 is 0 Å². The van der Waals surface area contributed by atoms with Gasteiger partial charge in [-0.1, -0.05) is 52.7 Å². The summed E-state index contributed by atoms with van der Waals surface area (Å²) in [5.74, 6) is 2.14. The van der Waals surface area contributed by atoms with Crippen LogP contribution in [-0.2, 0) is 4.79 Å². The standard InChI is InChI=1S/C30H48O/c1-25(2)13-14-27(5)15-17-29(7)22-11-9-20-21(10-12-24(31)26(20,3)4)28(22,6)16-18-30(29,8)23(27)19-25/h22-23H,9-19H2,1-8H3/t22-,23-,27+,28-,29-,30+/m0/s1. The van der Waals surface area contributed by atoms with Crippen molar-refractivity contribution in [1.29, 1.82) is 0 Å². The molecule has 3 fully saturated rings. The van der Waals surface area contributed by atoms with Crippen LogP contribution in [0.1, 0.15) is 126 Å². The van der Waals surface area contributed by atoms with Crippen LogP contribution in [0.3, 0.4) is 0 Å². The van der Waals surface area contributed by atoms with E-state index in [4.69, 9.17) is 0 Å². The Balaban J connectivity index is 1.58. The zero-order valence-electron chi connectivity index (χ0n) is 21.8. The predicted octanol–water partition coefficient (Wildman–Crippen LogP) is 8.52. The summed E-state index contributed by atoms with van der Waals surface area (Å²) in [6.07, 6.45) is 14.2. The van der Waals surface area contributed by atoms with Crippen molar-refractivity contribution in [3.8, 4) is 0 Å². The molecule has 0 bridgehead atoms. The molecule has 0 N–H and O–H groups in total. The maximum Gasteiger partial charge on any atom is 0.142 e. The van der Waals surface area contributed by atoms with E-state index < -0.39 is 0 Å². The van der Waals surface area contributed by atoms with Gasteiger partial charge in [-0.2, -0.15) is 0 Å². The number of allylic oxidation sites excluding steroid dienone is 2. The molecule has 6 atom stereocenters. The van der Waals surface area contributed by atoms with Crippen molar-refractivity contribution in [2.24, 2.45) is 44.3 Å². The zero-order valence-corrected chi connectivity index (χ0v) is 21.8. The number of Topliss-reactive ketones (excluding diaryl/α,β-unsaturated/α-hetero) is 1. The van der Waals surface area contributed by atoms with E-state index in [1.807, 2.05) is 0 Å². The monoisotopic (exact) mass is 424 g/mol. The van der Waals surface area contributed by atoms with Gasteiger partial charge in [0.05, 0.1) is 0 Å². The molecule has 0 spiro atoms. The number of hydrogen-bond donors (Lipinski definition) is 0. The van der Waals surface area contributed by atoms with Gasteiger partial charge in [-0.25, -0.2) is 0 Å². The lowest BCUT2D eigenvalue weighted by atomic mass is 9.32. The Labute approximate surface area is 192 Å². The Morgan fingerprint density at radius 2 is 1.26 bits per heavy atom. The number of fused-ring (bicyclic) bond motifs is 6. The second-order valence-electron chi connectivity index (χ2n) is 14.9. The van der Waals surface area contributed by atoms with Crippen molar-refractivity contribution in [2.75, 3.05) is 0 Å². The van der Waals surface area contributed by atoms with E-state index in [9.17, 15) is 4.79 Å². The number of rotatable bonds is 0. The molecule has 0 heterocycles. The van der Waals surface area contributed by atoms with Crippen molar-refractivity contribution in [1.82, 2.24) is 0 Å². The molecule has 0 aliphatic heterocycles. The van der Waals surface area contributed by atoms with E-state index >= 15 is 0 Å². The highest BCUT2D eigenvalue weighted by Crippen LogP contribution is 2.76. The first-order valence-electron chi connectivity index (χ1n) is 13.5. The minimum absolute atomic E-state index is 0.220. The van der Waals surface area contributed by atoms with Crippen molar-refractivity contribution < 1.29 is 4.79 Å². The molecule has 1 heteroatoms. The van der Waals surface area contributed by atoms with E-state index in [-0.39, 0.29) is 5.41 Å². The van der Waals surface area contributed by atoms with Crippen molar-refractivity contribution >= 4 is 5.78 Å². The van der Waals surface area contributed by atoms with E-state index in [0.29, 0.717) is 32.9 Å². The smallest absolute Gasteiger partial charge is 0.142 e. The van der Waals surface area contributed by atoms with Gasteiger partial charge in [0.1, 0.15) is 5.78 Å². The third-order valence-corrected chi connectivity index (χ3v) is 12.8. The fourth-order valence-electron chi connectivity index (χ4n) is 10.3. The molecule has 31 heavy (non-hydrogen) atoms. The molecular weight excluding hydrogens is 376 g/mol. The SMILES string of the molecule is CC1(C)CC[C@]2(C)CC[C@@]3(C)[C@H]4CCC5=C(CCC(=O)C5(C)C)[C@]4(C)CC[C@]3(C)[C@H]2C1.